The lowest BCUT2D eigenvalue weighted by Crippen LogP contribution is -2.57. The number of ether oxygens (including phenoxy) is 1. The number of benzene rings is 1. The summed E-state index contributed by atoms with van der Waals surface area (Å²) in [6, 6.07) is 9.54. The van der Waals surface area contributed by atoms with E-state index in [-0.39, 0.29) is 5.91 Å². The number of likely N-dealkylation sites (tertiary alicyclic amines) is 1. The summed E-state index contributed by atoms with van der Waals surface area (Å²) in [4.78, 5) is 26.5. The van der Waals surface area contributed by atoms with Gasteiger partial charge in [-0.25, -0.2) is 4.79 Å². The third kappa shape index (κ3) is 3.11. The molecule has 3 rings (SSSR count). The number of aliphatic carboxylic acids is 1. The Kier molecular flexibility index (Phi) is 4.66. The minimum Gasteiger partial charge on any atom is -0.479 e. The van der Waals surface area contributed by atoms with Crippen LogP contribution in [0.15, 0.2) is 30.3 Å². The van der Waals surface area contributed by atoms with Crippen LogP contribution in [0.5, 0.6) is 0 Å². The Morgan fingerprint density at radius 3 is 2.65 bits per heavy atom. The van der Waals surface area contributed by atoms with E-state index in [9.17, 15) is 14.7 Å². The van der Waals surface area contributed by atoms with Gasteiger partial charge in [0.1, 0.15) is 11.6 Å². The van der Waals surface area contributed by atoms with Crippen molar-refractivity contribution < 1.29 is 19.4 Å². The van der Waals surface area contributed by atoms with Crippen LogP contribution in [-0.4, -0.2) is 46.7 Å². The number of carbonyl (C=O) groups is 2. The number of nitrogens with zero attached hydrogens (tertiary/aromatic N) is 1. The first-order valence-corrected chi connectivity index (χ1v) is 8.34. The van der Waals surface area contributed by atoms with Gasteiger partial charge in [-0.2, -0.15) is 0 Å². The van der Waals surface area contributed by atoms with Crippen LogP contribution in [0.25, 0.3) is 0 Å². The predicted octanol–water partition coefficient (Wildman–Crippen LogP) is 2.24. The van der Waals surface area contributed by atoms with Gasteiger partial charge >= 0.3 is 5.97 Å². The highest BCUT2D eigenvalue weighted by molar-refractivity contribution is 5.90. The molecule has 2 aliphatic rings. The summed E-state index contributed by atoms with van der Waals surface area (Å²) in [6.07, 6.45) is 3.71. The van der Waals surface area contributed by atoms with Gasteiger partial charge in [0.2, 0.25) is 0 Å². The van der Waals surface area contributed by atoms with Crippen molar-refractivity contribution >= 4 is 11.9 Å². The zero-order chi connectivity index (χ0) is 16.3. The molecule has 2 heterocycles. The Hall–Kier alpha value is -1.88. The van der Waals surface area contributed by atoms with Gasteiger partial charge < -0.3 is 14.7 Å². The molecule has 0 aliphatic carbocycles. The second-order valence-corrected chi connectivity index (χ2v) is 6.45. The van der Waals surface area contributed by atoms with Crippen molar-refractivity contribution in [1.82, 2.24) is 4.90 Å². The minimum absolute atomic E-state index is 0.152. The lowest BCUT2D eigenvalue weighted by Gasteiger charge is -2.37. The molecule has 0 spiro atoms. The highest BCUT2D eigenvalue weighted by Gasteiger charge is 2.51. The van der Waals surface area contributed by atoms with E-state index in [4.69, 9.17) is 4.74 Å². The molecule has 2 aliphatic heterocycles. The van der Waals surface area contributed by atoms with E-state index in [0.717, 1.165) is 24.8 Å². The molecule has 2 atom stereocenters. The fraction of sp³-hybridized carbons (Fsp3) is 0.556. The Labute approximate surface area is 136 Å². The number of rotatable bonds is 4. The van der Waals surface area contributed by atoms with Crippen molar-refractivity contribution in [3.05, 3.63) is 35.9 Å². The van der Waals surface area contributed by atoms with Crippen molar-refractivity contribution in [2.75, 3.05) is 13.2 Å². The molecule has 0 aromatic heterocycles. The van der Waals surface area contributed by atoms with Crippen LogP contribution in [0.3, 0.4) is 0 Å². The molecule has 1 N–H and O–H groups in total. The minimum atomic E-state index is -1.14. The molecule has 2 saturated heterocycles. The number of amides is 1. The van der Waals surface area contributed by atoms with Crippen molar-refractivity contribution in [2.24, 2.45) is 0 Å². The molecule has 2 fully saturated rings. The lowest BCUT2D eigenvalue weighted by atomic mass is 9.87. The van der Waals surface area contributed by atoms with E-state index in [1.807, 2.05) is 30.3 Å². The number of carbonyl (C=O) groups excluding carboxylic acids is 1. The lowest BCUT2D eigenvalue weighted by molar-refractivity contribution is -0.163. The summed E-state index contributed by atoms with van der Waals surface area (Å²) in [6.45, 7) is 1.08. The van der Waals surface area contributed by atoms with Crippen LogP contribution in [-0.2, 0) is 20.7 Å². The fourth-order valence-electron chi connectivity index (χ4n) is 3.72. The summed E-state index contributed by atoms with van der Waals surface area (Å²) in [5.74, 6) is -1.07. The second kappa shape index (κ2) is 6.71. The fourth-order valence-corrected chi connectivity index (χ4v) is 3.72. The van der Waals surface area contributed by atoms with Gasteiger partial charge in [0, 0.05) is 19.6 Å². The number of hydrogen-bond donors (Lipinski definition) is 1. The van der Waals surface area contributed by atoms with Gasteiger partial charge in [-0.3, -0.25) is 4.79 Å². The third-order valence-electron chi connectivity index (χ3n) is 4.95. The van der Waals surface area contributed by atoms with Crippen LogP contribution in [0, 0.1) is 0 Å². The normalized spacial score (nSPS) is 27.8. The zero-order valence-corrected chi connectivity index (χ0v) is 13.2. The maximum Gasteiger partial charge on any atom is 0.329 e. The molecule has 0 saturated carbocycles. The average Bonchev–Trinajstić information content (AvgIpc) is 3.01. The first-order valence-electron chi connectivity index (χ1n) is 8.34. The van der Waals surface area contributed by atoms with Gasteiger partial charge in [-0.1, -0.05) is 30.3 Å². The summed E-state index contributed by atoms with van der Waals surface area (Å²) in [5, 5.41) is 9.91. The predicted molar refractivity (Wildman–Crippen MR) is 85.1 cm³/mol. The first-order chi connectivity index (χ1) is 11.1. The standard InChI is InChI=1S/C18H23NO4/c20-16(15-9-4-5-12-23-15)19-11-6-10-18(19,17(21)22)13-14-7-2-1-3-8-14/h1-3,7-8,15H,4-6,9-13H2,(H,21,22). The molecular weight excluding hydrogens is 294 g/mol. The SMILES string of the molecule is O=C(C1CCCCO1)N1CCCC1(Cc1ccccc1)C(=O)O. The van der Waals surface area contributed by atoms with E-state index >= 15 is 0 Å². The molecular formula is C18H23NO4. The topological polar surface area (TPSA) is 66.8 Å². The van der Waals surface area contributed by atoms with Crippen LogP contribution in [0.2, 0.25) is 0 Å². The van der Waals surface area contributed by atoms with Crippen molar-refractivity contribution in [2.45, 2.75) is 50.2 Å². The molecule has 1 amide bonds. The van der Waals surface area contributed by atoms with E-state index < -0.39 is 17.6 Å². The van der Waals surface area contributed by atoms with E-state index in [0.29, 0.717) is 32.4 Å². The zero-order valence-electron chi connectivity index (χ0n) is 13.2. The summed E-state index contributed by atoms with van der Waals surface area (Å²) < 4.78 is 5.59. The summed E-state index contributed by atoms with van der Waals surface area (Å²) in [7, 11) is 0. The maximum atomic E-state index is 12.8. The maximum absolute atomic E-state index is 12.8. The number of hydrogen-bond acceptors (Lipinski definition) is 3. The highest BCUT2D eigenvalue weighted by atomic mass is 16.5. The Bertz CT molecular complexity index is 568. The quantitative estimate of drug-likeness (QED) is 0.925. The molecule has 0 bridgehead atoms. The number of carboxylic acids is 1. The van der Waals surface area contributed by atoms with Crippen LogP contribution >= 0.6 is 0 Å². The molecule has 2 unspecified atom stereocenters. The van der Waals surface area contributed by atoms with Crippen molar-refractivity contribution in [1.29, 1.82) is 0 Å². The molecule has 5 nitrogen and oxygen atoms in total. The van der Waals surface area contributed by atoms with E-state index in [1.54, 1.807) is 4.90 Å². The molecule has 0 radical (unpaired) electrons. The summed E-state index contributed by atoms with van der Waals surface area (Å²) in [5.41, 5.74) is -0.196. The molecule has 1 aromatic carbocycles. The highest BCUT2D eigenvalue weighted by Crippen LogP contribution is 2.35. The molecule has 124 valence electrons. The Morgan fingerprint density at radius 2 is 2.00 bits per heavy atom. The largest absolute Gasteiger partial charge is 0.479 e. The van der Waals surface area contributed by atoms with Crippen molar-refractivity contribution in [3.8, 4) is 0 Å². The van der Waals surface area contributed by atoms with Gasteiger partial charge in [0.15, 0.2) is 0 Å². The smallest absolute Gasteiger partial charge is 0.329 e. The van der Waals surface area contributed by atoms with Gasteiger partial charge in [-0.15, -0.1) is 0 Å². The molecule has 1 aromatic rings. The van der Waals surface area contributed by atoms with Crippen molar-refractivity contribution in [3.63, 3.8) is 0 Å². The molecule has 5 heteroatoms. The first kappa shape index (κ1) is 16.0. The van der Waals surface area contributed by atoms with Crippen LogP contribution in [0.4, 0.5) is 0 Å². The van der Waals surface area contributed by atoms with Gasteiger partial charge in [0.25, 0.3) is 5.91 Å². The van der Waals surface area contributed by atoms with Crippen LogP contribution < -0.4 is 0 Å². The van der Waals surface area contributed by atoms with Gasteiger partial charge in [0.05, 0.1) is 0 Å². The Balaban J connectivity index is 1.85. The number of carboxylic acid groups (broad SMARTS) is 1. The third-order valence-corrected chi connectivity index (χ3v) is 4.95. The van der Waals surface area contributed by atoms with Crippen LogP contribution in [0.1, 0.15) is 37.7 Å². The average molecular weight is 317 g/mol. The Morgan fingerprint density at radius 1 is 1.22 bits per heavy atom. The molecule has 23 heavy (non-hydrogen) atoms. The second-order valence-electron chi connectivity index (χ2n) is 6.45. The monoisotopic (exact) mass is 317 g/mol. The van der Waals surface area contributed by atoms with E-state index in [1.165, 1.54) is 0 Å². The van der Waals surface area contributed by atoms with E-state index in [2.05, 4.69) is 0 Å². The van der Waals surface area contributed by atoms with Gasteiger partial charge in [-0.05, 0) is 37.7 Å². The summed E-state index contributed by atoms with van der Waals surface area (Å²) >= 11 is 0.